The molecule has 2 heterocycles. The molecule has 0 saturated heterocycles. The van der Waals surface area contributed by atoms with Crippen molar-refractivity contribution < 1.29 is 21.6 Å². The minimum absolute atomic E-state index is 0.0295. The highest BCUT2D eigenvalue weighted by Gasteiger charge is 2.21. The second-order valence-electron chi connectivity index (χ2n) is 8.77. The number of anilines is 1. The lowest BCUT2D eigenvalue weighted by atomic mass is 10.1. The fourth-order valence-corrected chi connectivity index (χ4v) is 4.46. The fourth-order valence-electron chi connectivity index (χ4n) is 3.40. The van der Waals surface area contributed by atoms with Crippen molar-refractivity contribution in [3.63, 3.8) is 0 Å². The van der Waals surface area contributed by atoms with E-state index in [-0.39, 0.29) is 39.8 Å². The van der Waals surface area contributed by atoms with Gasteiger partial charge in [-0.2, -0.15) is 0 Å². The highest BCUT2D eigenvalue weighted by atomic mass is 32.2. The summed E-state index contributed by atoms with van der Waals surface area (Å²) in [4.78, 5) is 8.82. The normalized spacial score (nSPS) is 12.7. The SMILES string of the molecule is CC(CF)NCc1ccc(-c2nnc(-c3nc(-c4ccc(S(=O)(=O)C(C)C)cc4)cnc3N)o2)c(F)c1. The Morgan fingerprint density at radius 2 is 1.76 bits per heavy atom. The molecular formula is C25H26F2N6O3S. The van der Waals surface area contributed by atoms with Crippen molar-refractivity contribution in [3.05, 3.63) is 60.0 Å². The highest BCUT2D eigenvalue weighted by Crippen LogP contribution is 2.30. The van der Waals surface area contributed by atoms with Crippen LogP contribution in [-0.2, 0) is 16.4 Å². The smallest absolute Gasteiger partial charge is 0.270 e. The Labute approximate surface area is 213 Å². The molecule has 37 heavy (non-hydrogen) atoms. The van der Waals surface area contributed by atoms with E-state index in [1.165, 1.54) is 30.5 Å². The van der Waals surface area contributed by atoms with Crippen LogP contribution in [0.4, 0.5) is 14.6 Å². The number of nitrogens with zero attached hydrogens (tertiary/aromatic N) is 4. The average molecular weight is 529 g/mol. The third-order valence-electron chi connectivity index (χ3n) is 5.68. The van der Waals surface area contributed by atoms with Gasteiger partial charge in [-0.3, -0.25) is 0 Å². The second-order valence-corrected chi connectivity index (χ2v) is 11.3. The first-order chi connectivity index (χ1) is 17.6. The summed E-state index contributed by atoms with van der Waals surface area (Å²) in [5.41, 5.74) is 7.84. The number of rotatable bonds is 9. The van der Waals surface area contributed by atoms with Gasteiger partial charge in [-0.1, -0.05) is 18.2 Å². The van der Waals surface area contributed by atoms with E-state index in [0.717, 1.165) is 0 Å². The topological polar surface area (TPSA) is 137 Å². The number of halogens is 2. The predicted molar refractivity (Wildman–Crippen MR) is 135 cm³/mol. The highest BCUT2D eigenvalue weighted by molar-refractivity contribution is 7.92. The lowest BCUT2D eigenvalue weighted by Gasteiger charge is -2.10. The molecule has 0 aliphatic carbocycles. The molecule has 0 amide bonds. The number of hydrogen-bond donors (Lipinski definition) is 2. The lowest BCUT2D eigenvalue weighted by molar-refractivity contribution is 0.391. The number of nitrogens with two attached hydrogens (primary N) is 1. The van der Waals surface area contributed by atoms with E-state index < -0.39 is 27.6 Å². The summed E-state index contributed by atoms with van der Waals surface area (Å²) in [7, 11) is -3.41. The van der Waals surface area contributed by atoms with Gasteiger partial charge in [-0.25, -0.2) is 27.2 Å². The molecule has 12 heteroatoms. The number of alkyl halides is 1. The zero-order valence-corrected chi connectivity index (χ0v) is 21.3. The zero-order valence-electron chi connectivity index (χ0n) is 20.4. The Morgan fingerprint density at radius 3 is 2.41 bits per heavy atom. The maximum atomic E-state index is 14.8. The molecule has 4 aromatic rings. The molecule has 0 saturated carbocycles. The van der Waals surface area contributed by atoms with Crippen LogP contribution in [-0.4, -0.2) is 46.5 Å². The Balaban J connectivity index is 1.59. The fraction of sp³-hybridized carbons (Fsp3) is 0.280. The summed E-state index contributed by atoms with van der Waals surface area (Å²) < 4.78 is 57.8. The van der Waals surface area contributed by atoms with Crippen LogP contribution in [0, 0.1) is 5.82 Å². The third kappa shape index (κ3) is 5.65. The standard InChI is InChI=1S/C25H26F2N6O3S/c1-14(2)37(34,35)18-7-5-17(6-8-18)21-13-30-23(28)22(31-21)25-33-32-24(36-25)19-9-4-16(10-20(19)27)12-29-15(3)11-26/h4-10,13-15,29H,11-12H2,1-3H3,(H2,28,30). The number of nitrogens with one attached hydrogen (secondary N) is 1. The number of hydrogen-bond acceptors (Lipinski definition) is 9. The molecule has 0 aliphatic rings. The summed E-state index contributed by atoms with van der Waals surface area (Å²) in [6, 6.07) is 10.4. The Bertz CT molecular complexity index is 1510. The van der Waals surface area contributed by atoms with Crippen LogP contribution < -0.4 is 11.1 Å². The van der Waals surface area contributed by atoms with Gasteiger partial charge in [0.1, 0.15) is 12.5 Å². The maximum Gasteiger partial charge on any atom is 0.270 e. The van der Waals surface area contributed by atoms with E-state index in [1.807, 2.05) is 0 Å². The number of sulfone groups is 1. The summed E-state index contributed by atoms with van der Waals surface area (Å²) in [6.45, 7) is 4.71. The summed E-state index contributed by atoms with van der Waals surface area (Å²) in [6.07, 6.45) is 1.44. The summed E-state index contributed by atoms with van der Waals surface area (Å²) in [5.74, 6) is -0.671. The van der Waals surface area contributed by atoms with Crippen LogP contribution in [0.3, 0.4) is 0 Å². The van der Waals surface area contributed by atoms with E-state index in [4.69, 9.17) is 10.2 Å². The van der Waals surface area contributed by atoms with Gasteiger partial charge in [-0.15, -0.1) is 10.2 Å². The van der Waals surface area contributed by atoms with Crippen molar-refractivity contribution in [2.24, 2.45) is 0 Å². The molecule has 9 nitrogen and oxygen atoms in total. The molecule has 0 bridgehead atoms. The molecule has 2 aromatic carbocycles. The molecule has 0 spiro atoms. The van der Waals surface area contributed by atoms with Gasteiger partial charge in [-0.05, 0) is 50.6 Å². The molecular weight excluding hydrogens is 502 g/mol. The van der Waals surface area contributed by atoms with Crippen LogP contribution in [0.2, 0.25) is 0 Å². The average Bonchev–Trinajstić information content (AvgIpc) is 3.37. The van der Waals surface area contributed by atoms with Crippen LogP contribution in [0.1, 0.15) is 26.3 Å². The van der Waals surface area contributed by atoms with Crippen molar-refractivity contribution in [1.82, 2.24) is 25.5 Å². The van der Waals surface area contributed by atoms with E-state index in [9.17, 15) is 17.2 Å². The van der Waals surface area contributed by atoms with Crippen LogP contribution in [0.15, 0.2) is 58.0 Å². The molecule has 2 aromatic heterocycles. The van der Waals surface area contributed by atoms with Crippen LogP contribution in [0.25, 0.3) is 34.3 Å². The summed E-state index contributed by atoms with van der Waals surface area (Å²) >= 11 is 0. The molecule has 0 radical (unpaired) electrons. The maximum absolute atomic E-state index is 14.8. The van der Waals surface area contributed by atoms with Crippen LogP contribution >= 0.6 is 0 Å². The third-order valence-corrected chi connectivity index (χ3v) is 7.85. The van der Waals surface area contributed by atoms with Gasteiger partial charge < -0.3 is 15.5 Å². The van der Waals surface area contributed by atoms with E-state index in [1.54, 1.807) is 39.0 Å². The second kappa shape index (κ2) is 10.7. The number of aromatic nitrogens is 4. The molecule has 0 aliphatic heterocycles. The monoisotopic (exact) mass is 528 g/mol. The Hall–Kier alpha value is -3.77. The molecule has 0 fully saturated rings. The van der Waals surface area contributed by atoms with Crippen molar-refractivity contribution in [3.8, 4) is 34.3 Å². The zero-order chi connectivity index (χ0) is 26.7. The minimum Gasteiger partial charge on any atom is -0.414 e. The van der Waals surface area contributed by atoms with Crippen molar-refractivity contribution >= 4 is 15.7 Å². The first kappa shape index (κ1) is 26.3. The molecule has 194 valence electrons. The lowest BCUT2D eigenvalue weighted by Crippen LogP contribution is -2.27. The van der Waals surface area contributed by atoms with Gasteiger partial charge in [0.2, 0.25) is 0 Å². The van der Waals surface area contributed by atoms with Gasteiger partial charge in [0.15, 0.2) is 21.3 Å². The first-order valence-electron chi connectivity index (χ1n) is 11.5. The molecule has 3 N–H and O–H groups in total. The Morgan fingerprint density at radius 1 is 1.05 bits per heavy atom. The van der Waals surface area contributed by atoms with Gasteiger partial charge in [0.25, 0.3) is 11.8 Å². The number of nitrogen functional groups attached to an aromatic ring is 1. The molecule has 1 atom stereocenters. The Kier molecular flexibility index (Phi) is 7.60. The summed E-state index contributed by atoms with van der Waals surface area (Å²) in [5, 5.41) is 10.3. The number of benzene rings is 2. The van der Waals surface area contributed by atoms with Gasteiger partial charge >= 0.3 is 0 Å². The van der Waals surface area contributed by atoms with E-state index in [0.29, 0.717) is 23.4 Å². The largest absolute Gasteiger partial charge is 0.414 e. The van der Waals surface area contributed by atoms with E-state index in [2.05, 4.69) is 25.5 Å². The quantitative estimate of drug-likeness (QED) is 0.327. The van der Waals surface area contributed by atoms with Crippen LogP contribution in [0.5, 0.6) is 0 Å². The predicted octanol–water partition coefficient (Wildman–Crippen LogP) is 4.21. The molecule has 1 unspecified atom stereocenters. The first-order valence-corrected chi connectivity index (χ1v) is 13.0. The van der Waals surface area contributed by atoms with Crippen molar-refractivity contribution in [1.29, 1.82) is 0 Å². The van der Waals surface area contributed by atoms with E-state index >= 15 is 0 Å². The van der Waals surface area contributed by atoms with Crippen molar-refractivity contribution in [2.45, 2.75) is 43.5 Å². The van der Waals surface area contributed by atoms with Gasteiger partial charge in [0, 0.05) is 18.2 Å². The van der Waals surface area contributed by atoms with Crippen molar-refractivity contribution in [2.75, 3.05) is 12.4 Å². The minimum atomic E-state index is -3.41. The van der Waals surface area contributed by atoms with Gasteiger partial charge in [0.05, 0.1) is 27.6 Å². The molecule has 4 rings (SSSR count).